The van der Waals surface area contributed by atoms with E-state index in [2.05, 4.69) is 20.4 Å². The third kappa shape index (κ3) is 4.26. The van der Waals surface area contributed by atoms with Gasteiger partial charge in [0, 0.05) is 42.0 Å². The number of methoxy groups -OCH3 is 1. The standard InChI is InChI=1S/C29H25FN6O2/c1-18-9-11-21(12-10-18)35-17-23(22-8-5-13-31-28(22)35)26-32-15-24(30)27(33-26)34-36-16-20-7-4-3-6-19(20)14-25(36)29(37)38-2/h3-13,15,17,25H,14,16H2,1-2H3,(H,32,33,34)/t25-/m0/s1. The molecule has 8 nitrogen and oxygen atoms in total. The SMILES string of the molecule is COC(=O)[C@@H]1Cc2ccccc2CN1Nc1nc(-c2cn(-c3ccc(C)cc3)c3ncccc23)ncc1F. The normalized spacial score (nSPS) is 15.3. The van der Waals surface area contributed by atoms with Crippen molar-refractivity contribution in [3.63, 3.8) is 0 Å². The predicted molar refractivity (Wildman–Crippen MR) is 142 cm³/mol. The number of hydrogen-bond acceptors (Lipinski definition) is 7. The molecule has 9 heteroatoms. The van der Waals surface area contributed by atoms with E-state index in [1.807, 2.05) is 78.4 Å². The summed E-state index contributed by atoms with van der Waals surface area (Å²) in [6, 6.07) is 19.1. The van der Waals surface area contributed by atoms with Gasteiger partial charge in [0.2, 0.25) is 0 Å². The quantitative estimate of drug-likeness (QED) is 0.340. The van der Waals surface area contributed by atoms with E-state index < -0.39 is 17.8 Å². The Kier molecular flexibility index (Phi) is 6.05. The molecule has 0 radical (unpaired) electrons. The summed E-state index contributed by atoms with van der Waals surface area (Å²) < 4.78 is 22.0. The first-order valence-corrected chi connectivity index (χ1v) is 12.3. The minimum atomic E-state index is -0.639. The molecule has 0 spiro atoms. The molecule has 38 heavy (non-hydrogen) atoms. The van der Waals surface area contributed by atoms with Crippen LogP contribution >= 0.6 is 0 Å². The van der Waals surface area contributed by atoms with E-state index in [9.17, 15) is 4.79 Å². The van der Waals surface area contributed by atoms with Gasteiger partial charge < -0.3 is 9.30 Å². The summed E-state index contributed by atoms with van der Waals surface area (Å²) in [5.41, 5.74) is 8.70. The zero-order chi connectivity index (χ0) is 26.2. The molecule has 6 rings (SSSR count). The Morgan fingerprint density at radius 2 is 1.84 bits per heavy atom. The maximum absolute atomic E-state index is 15.0. The lowest BCUT2D eigenvalue weighted by Gasteiger charge is -2.35. The number of nitrogens with one attached hydrogen (secondary N) is 1. The highest BCUT2D eigenvalue weighted by Gasteiger charge is 2.33. The molecule has 2 aromatic carbocycles. The van der Waals surface area contributed by atoms with Gasteiger partial charge in [-0.1, -0.05) is 42.0 Å². The van der Waals surface area contributed by atoms with Crippen LogP contribution in [0.25, 0.3) is 28.1 Å². The van der Waals surface area contributed by atoms with Gasteiger partial charge in [0.15, 0.2) is 17.5 Å². The van der Waals surface area contributed by atoms with Gasteiger partial charge in [-0.3, -0.25) is 10.2 Å². The van der Waals surface area contributed by atoms with Crippen LogP contribution in [0.3, 0.4) is 0 Å². The fourth-order valence-electron chi connectivity index (χ4n) is 4.84. The summed E-state index contributed by atoms with van der Waals surface area (Å²) in [5.74, 6) is -0.723. The van der Waals surface area contributed by atoms with Crippen LogP contribution in [0.4, 0.5) is 10.2 Å². The Bertz CT molecular complexity index is 1650. The molecule has 1 aliphatic rings. The summed E-state index contributed by atoms with van der Waals surface area (Å²) in [6.45, 7) is 2.42. The van der Waals surface area contributed by atoms with Crippen molar-refractivity contribution in [3.8, 4) is 17.1 Å². The summed E-state index contributed by atoms with van der Waals surface area (Å²) in [6.07, 6.45) is 5.22. The van der Waals surface area contributed by atoms with E-state index in [0.717, 1.165) is 39.6 Å². The largest absolute Gasteiger partial charge is 0.468 e. The molecule has 190 valence electrons. The molecule has 0 unspecified atom stereocenters. The smallest absolute Gasteiger partial charge is 0.325 e. The van der Waals surface area contributed by atoms with Gasteiger partial charge in [-0.25, -0.2) is 24.4 Å². The number of anilines is 1. The second-order valence-corrected chi connectivity index (χ2v) is 9.26. The second kappa shape index (κ2) is 9.68. The van der Waals surface area contributed by atoms with Crippen LogP contribution in [0, 0.1) is 12.7 Å². The number of rotatable bonds is 5. The average molecular weight is 509 g/mol. The molecule has 0 saturated heterocycles. The average Bonchev–Trinajstić information content (AvgIpc) is 3.33. The number of aryl methyl sites for hydroxylation is 1. The van der Waals surface area contributed by atoms with Gasteiger partial charge in [0.05, 0.1) is 13.3 Å². The molecular formula is C29H25FN6O2. The number of halogens is 1. The van der Waals surface area contributed by atoms with Crippen molar-refractivity contribution in [3.05, 3.63) is 102 Å². The third-order valence-electron chi connectivity index (χ3n) is 6.83. The van der Waals surface area contributed by atoms with E-state index in [-0.39, 0.29) is 5.82 Å². The van der Waals surface area contributed by atoms with Crippen LogP contribution < -0.4 is 5.43 Å². The number of esters is 1. The molecule has 5 aromatic rings. The zero-order valence-electron chi connectivity index (χ0n) is 20.9. The molecular weight excluding hydrogens is 483 g/mol. The van der Waals surface area contributed by atoms with Crippen molar-refractivity contribution >= 4 is 22.8 Å². The van der Waals surface area contributed by atoms with Crippen LogP contribution in [-0.4, -0.2) is 43.6 Å². The number of hydrazine groups is 1. The molecule has 1 aliphatic heterocycles. The van der Waals surface area contributed by atoms with E-state index in [0.29, 0.717) is 24.4 Å². The maximum Gasteiger partial charge on any atom is 0.325 e. The topological polar surface area (TPSA) is 85.2 Å². The van der Waals surface area contributed by atoms with Crippen molar-refractivity contribution < 1.29 is 13.9 Å². The number of carbonyl (C=O) groups excluding carboxylic acids is 1. The van der Waals surface area contributed by atoms with Gasteiger partial charge in [-0.2, -0.15) is 0 Å². The fraction of sp³-hybridized carbons (Fsp3) is 0.172. The van der Waals surface area contributed by atoms with Crippen LogP contribution in [0.1, 0.15) is 16.7 Å². The lowest BCUT2D eigenvalue weighted by Crippen LogP contribution is -2.49. The molecule has 0 aliphatic carbocycles. The summed E-state index contributed by atoms with van der Waals surface area (Å²) in [7, 11) is 1.35. The van der Waals surface area contributed by atoms with Crippen LogP contribution in [-0.2, 0) is 22.5 Å². The summed E-state index contributed by atoms with van der Waals surface area (Å²) >= 11 is 0. The lowest BCUT2D eigenvalue weighted by atomic mass is 9.95. The van der Waals surface area contributed by atoms with E-state index in [1.54, 1.807) is 11.2 Å². The Balaban J connectivity index is 1.39. The van der Waals surface area contributed by atoms with Crippen LogP contribution in [0.5, 0.6) is 0 Å². The first-order valence-electron chi connectivity index (χ1n) is 12.3. The number of hydrogen-bond donors (Lipinski definition) is 1. The first kappa shape index (κ1) is 23.7. The zero-order valence-corrected chi connectivity index (χ0v) is 20.9. The summed E-state index contributed by atoms with van der Waals surface area (Å²) in [4.78, 5) is 26.0. The molecule has 0 bridgehead atoms. The molecule has 0 amide bonds. The van der Waals surface area contributed by atoms with Crippen LogP contribution in [0.15, 0.2) is 79.3 Å². The number of pyridine rings is 1. The van der Waals surface area contributed by atoms with Gasteiger partial charge in [-0.05, 0) is 42.3 Å². The number of benzene rings is 2. The summed E-state index contributed by atoms with van der Waals surface area (Å²) in [5, 5.41) is 2.51. The van der Waals surface area contributed by atoms with Crippen molar-refractivity contribution in [1.82, 2.24) is 24.5 Å². The van der Waals surface area contributed by atoms with E-state index in [4.69, 9.17) is 4.74 Å². The second-order valence-electron chi connectivity index (χ2n) is 9.26. The number of ether oxygens (including phenoxy) is 1. The minimum absolute atomic E-state index is 0.0246. The highest BCUT2D eigenvalue weighted by atomic mass is 19.1. The molecule has 0 fully saturated rings. The molecule has 1 atom stereocenters. The Morgan fingerprint density at radius 1 is 1.05 bits per heavy atom. The number of carbonyl (C=O) groups is 1. The predicted octanol–water partition coefficient (Wildman–Crippen LogP) is 4.86. The molecule has 1 N–H and O–H groups in total. The van der Waals surface area contributed by atoms with Gasteiger partial charge in [-0.15, -0.1) is 0 Å². The van der Waals surface area contributed by atoms with Gasteiger partial charge >= 0.3 is 5.97 Å². The highest BCUT2D eigenvalue weighted by molar-refractivity contribution is 5.93. The molecule has 3 aromatic heterocycles. The maximum atomic E-state index is 15.0. The highest BCUT2D eigenvalue weighted by Crippen LogP contribution is 2.31. The van der Waals surface area contributed by atoms with Gasteiger partial charge in [0.1, 0.15) is 11.7 Å². The number of fused-ring (bicyclic) bond motifs is 2. The number of aromatic nitrogens is 4. The van der Waals surface area contributed by atoms with Crippen LogP contribution in [0.2, 0.25) is 0 Å². The molecule has 0 saturated carbocycles. The Hall–Kier alpha value is -4.63. The monoisotopic (exact) mass is 508 g/mol. The van der Waals surface area contributed by atoms with E-state index in [1.165, 1.54) is 7.11 Å². The van der Waals surface area contributed by atoms with E-state index >= 15 is 4.39 Å². The first-order chi connectivity index (χ1) is 18.5. The van der Waals surface area contributed by atoms with Crippen molar-refractivity contribution in [2.24, 2.45) is 0 Å². The van der Waals surface area contributed by atoms with Gasteiger partial charge in [0.25, 0.3) is 0 Å². The van der Waals surface area contributed by atoms with Crippen molar-refractivity contribution in [2.75, 3.05) is 12.5 Å². The Labute approximate surface area is 218 Å². The minimum Gasteiger partial charge on any atom is -0.468 e. The third-order valence-corrected chi connectivity index (χ3v) is 6.83. The van der Waals surface area contributed by atoms with Crippen molar-refractivity contribution in [2.45, 2.75) is 25.9 Å². The fourth-order valence-corrected chi connectivity index (χ4v) is 4.84. The van der Waals surface area contributed by atoms with Crippen molar-refractivity contribution in [1.29, 1.82) is 0 Å². The number of nitrogens with zero attached hydrogens (tertiary/aromatic N) is 5. The lowest BCUT2D eigenvalue weighted by molar-refractivity contribution is -0.147. The molecule has 4 heterocycles. The Morgan fingerprint density at radius 3 is 2.63 bits per heavy atom.